The van der Waals surface area contributed by atoms with E-state index in [-0.39, 0.29) is 11.0 Å². The van der Waals surface area contributed by atoms with E-state index in [0.717, 1.165) is 0 Å². The molecule has 2 N–H and O–H groups in total. The van der Waals surface area contributed by atoms with Gasteiger partial charge in [-0.2, -0.15) is 0 Å². The molecule has 58 valence electrons. The van der Waals surface area contributed by atoms with Gasteiger partial charge in [0.1, 0.15) is 5.52 Å². The fraction of sp³-hybridized carbons (Fsp3) is 0.600. The first-order valence-electron chi connectivity index (χ1n) is 2.87. The predicted molar refractivity (Wildman–Crippen MR) is 46.6 cm³/mol. The highest BCUT2D eigenvalue weighted by molar-refractivity contribution is 7.40. The second kappa shape index (κ2) is 4.90. The van der Waals surface area contributed by atoms with Gasteiger partial charge in [0.2, 0.25) is 0 Å². The van der Waals surface area contributed by atoms with Crippen molar-refractivity contribution in [1.82, 2.24) is 0 Å². The molecule has 0 aromatic rings. The van der Waals surface area contributed by atoms with Gasteiger partial charge >= 0.3 is 0 Å². The summed E-state index contributed by atoms with van der Waals surface area (Å²) in [5, 5.41) is 0. The maximum atomic E-state index is 10.5. The summed E-state index contributed by atoms with van der Waals surface area (Å²) in [4.78, 5) is 20.8. The smallest absolute Gasteiger partial charge is 0.164 e. The number of nitrogens with two attached hydrogens (primary N) is 1. The Morgan fingerprint density at radius 3 is 2.20 bits per heavy atom. The highest BCUT2D eigenvalue weighted by Gasteiger charge is 2.08. The van der Waals surface area contributed by atoms with Gasteiger partial charge in [-0.05, 0) is 6.42 Å². The van der Waals surface area contributed by atoms with E-state index in [1.54, 1.807) is 0 Å². The Kier molecular flexibility index (Phi) is 4.98. The van der Waals surface area contributed by atoms with Crippen molar-refractivity contribution in [1.29, 1.82) is 0 Å². The van der Waals surface area contributed by atoms with Gasteiger partial charge in [0.05, 0.1) is 6.04 Å². The van der Waals surface area contributed by atoms with Crippen molar-refractivity contribution < 1.29 is 9.59 Å². The van der Waals surface area contributed by atoms with Crippen LogP contribution < -0.4 is 5.73 Å². The second-order valence-corrected chi connectivity index (χ2v) is 3.23. The van der Waals surface area contributed by atoms with Crippen molar-refractivity contribution in [3.05, 3.63) is 0 Å². The minimum Gasteiger partial charge on any atom is -0.321 e. The van der Waals surface area contributed by atoms with Crippen LogP contribution in [-0.2, 0) is 9.59 Å². The lowest BCUT2D eigenvalue weighted by Gasteiger charge is -2.03. The molecule has 0 aromatic carbocycles. The van der Waals surface area contributed by atoms with Crippen LogP contribution in [0.4, 0.5) is 0 Å². The lowest BCUT2D eigenvalue weighted by atomic mass is 10.2. The second-order valence-electron chi connectivity index (χ2n) is 2.01. The largest absolute Gasteiger partial charge is 0.321 e. The van der Waals surface area contributed by atoms with Crippen molar-refractivity contribution in [2.45, 2.75) is 18.9 Å². The van der Waals surface area contributed by atoms with Gasteiger partial charge in [-0.25, -0.2) is 0 Å². The minimum atomic E-state index is -0.505. The summed E-state index contributed by atoms with van der Waals surface area (Å²) in [6, 6.07) is -0.505. The van der Waals surface area contributed by atoms with Crippen LogP contribution in [0.1, 0.15) is 12.8 Å². The Morgan fingerprint density at radius 2 is 1.90 bits per heavy atom. The lowest BCUT2D eigenvalue weighted by Crippen LogP contribution is -2.26. The maximum Gasteiger partial charge on any atom is 0.164 e. The Balaban J connectivity index is 3.49. The highest BCUT2D eigenvalue weighted by atomic mass is 31.0. The first-order valence-corrected chi connectivity index (χ1v) is 4.02. The molecular weight excluding hydrogens is 168 g/mol. The molecule has 0 saturated carbocycles. The monoisotopic (exact) mass is 179 g/mol. The highest BCUT2D eigenvalue weighted by Crippen LogP contribution is 2.03. The van der Waals surface area contributed by atoms with Gasteiger partial charge in [0.15, 0.2) is 5.52 Å². The zero-order valence-electron chi connectivity index (χ0n) is 5.54. The zero-order valence-corrected chi connectivity index (χ0v) is 7.85. The lowest BCUT2D eigenvalue weighted by molar-refractivity contribution is -0.113. The Morgan fingerprint density at radius 1 is 1.40 bits per heavy atom. The normalized spacial score (nSPS) is 12.7. The van der Waals surface area contributed by atoms with E-state index in [9.17, 15) is 9.59 Å². The molecule has 3 nitrogen and oxygen atoms in total. The van der Waals surface area contributed by atoms with Crippen molar-refractivity contribution in [3.8, 4) is 0 Å². The molecule has 0 amide bonds. The van der Waals surface area contributed by atoms with Crippen LogP contribution in [0.5, 0.6) is 0 Å². The van der Waals surface area contributed by atoms with Crippen LogP contribution in [-0.4, -0.2) is 17.1 Å². The van der Waals surface area contributed by atoms with Gasteiger partial charge in [-0.15, -0.1) is 0 Å². The molecule has 0 bridgehead atoms. The molecule has 0 aliphatic heterocycles. The molecule has 0 aliphatic rings. The standard InChI is InChI=1S/C5H11NO2P2/c6-3(5(8)10)1-2-4(7)9/h3H,1-2,6,9-10H2. The fourth-order valence-electron chi connectivity index (χ4n) is 0.440. The Labute approximate surface area is 64.5 Å². The SMILES string of the molecule is NC(CCC(=O)P)C(=O)P. The van der Waals surface area contributed by atoms with E-state index in [4.69, 9.17) is 5.73 Å². The van der Waals surface area contributed by atoms with E-state index in [2.05, 4.69) is 0 Å². The van der Waals surface area contributed by atoms with Gasteiger partial charge in [0, 0.05) is 6.42 Å². The third kappa shape index (κ3) is 4.99. The van der Waals surface area contributed by atoms with Crippen LogP contribution in [0, 0.1) is 0 Å². The van der Waals surface area contributed by atoms with Crippen LogP contribution >= 0.6 is 18.5 Å². The molecule has 0 rings (SSSR count). The number of hydrogen-bond acceptors (Lipinski definition) is 3. The van der Waals surface area contributed by atoms with E-state index in [1.807, 2.05) is 18.5 Å². The topological polar surface area (TPSA) is 60.2 Å². The summed E-state index contributed by atoms with van der Waals surface area (Å²) >= 11 is 0. The first kappa shape index (κ1) is 10.2. The molecule has 0 fully saturated rings. The summed E-state index contributed by atoms with van der Waals surface area (Å²) in [5.41, 5.74) is 5.17. The average molecular weight is 179 g/mol. The Bertz CT molecular complexity index is 149. The van der Waals surface area contributed by atoms with Crippen LogP contribution in [0.3, 0.4) is 0 Å². The van der Waals surface area contributed by atoms with E-state index < -0.39 is 6.04 Å². The number of hydrogen-bond donors (Lipinski definition) is 1. The molecule has 3 unspecified atom stereocenters. The van der Waals surface area contributed by atoms with Crippen molar-refractivity contribution in [2.24, 2.45) is 5.73 Å². The molecule has 3 atom stereocenters. The van der Waals surface area contributed by atoms with E-state index in [0.29, 0.717) is 12.8 Å². The molecular formula is C5H11NO2P2. The number of carbonyl (C=O) groups excluding carboxylic acids is 2. The predicted octanol–water partition coefficient (Wildman–Crippen LogP) is -0.103. The quantitative estimate of drug-likeness (QED) is 0.613. The van der Waals surface area contributed by atoms with Gasteiger partial charge in [0.25, 0.3) is 0 Å². The molecule has 5 heteroatoms. The average Bonchev–Trinajstić information content (AvgIpc) is 1.82. The van der Waals surface area contributed by atoms with Crippen LogP contribution in [0.25, 0.3) is 0 Å². The van der Waals surface area contributed by atoms with Crippen LogP contribution in [0.2, 0.25) is 0 Å². The van der Waals surface area contributed by atoms with Crippen molar-refractivity contribution in [3.63, 3.8) is 0 Å². The van der Waals surface area contributed by atoms with Gasteiger partial charge < -0.3 is 5.73 Å². The number of rotatable bonds is 4. The summed E-state index contributed by atoms with van der Waals surface area (Å²) in [6.07, 6.45) is 0.788. The molecule has 0 radical (unpaired) electrons. The summed E-state index contributed by atoms with van der Waals surface area (Å²) < 4.78 is 0. The summed E-state index contributed by atoms with van der Waals surface area (Å²) in [7, 11) is 4.04. The molecule has 0 aliphatic carbocycles. The molecule has 0 spiro atoms. The van der Waals surface area contributed by atoms with Crippen molar-refractivity contribution in [2.75, 3.05) is 0 Å². The van der Waals surface area contributed by atoms with Crippen LogP contribution in [0.15, 0.2) is 0 Å². The number of carbonyl (C=O) groups is 2. The third-order valence-electron chi connectivity index (χ3n) is 1.07. The maximum absolute atomic E-state index is 10.5. The first-order chi connectivity index (χ1) is 4.54. The summed E-state index contributed by atoms with van der Waals surface area (Å²) in [6.45, 7) is 0. The molecule has 10 heavy (non-hydrogen) atoms. The molecule has 0 saturated heterocycles. The summed E-state index contributed by atoms with van der Waals surface area (Å²) in [5.74, 6) is 0. The van der Waals surface area contributed by atoms with Crippen molar-refractivity contribution >= 4 is 29.5 Å². The van der Waals surface area contributed by atoms with Gasteiger partial charge in [-0.3, -0.25) is 9.59 Å². The molecule has 0 heterocycles. The zero-order chi connectivity index (χ0) is 8.15. The minimum absolute atomic E-state index is 0.0123. The molecule has 0 aromatic heterocycles. The fourth-order valence-corrected chi connectivity index (χ4v) is 0.773. The van der Waals surface area contributed by atoms with E-state index >= 15 is 0 Å². The Hall–Kier alpha value is 0.160. The van der Waals surface area contributed by atoms with E-state index in [1.165, 1.54) is 0 Å². The third-order valence-corrected chi connectivity index (χ3v) is 1.78. The van der Waals surface area contributed by atoms with Gasteiger partial charge in [-0.1, -0.05) is 18.5 Å².